The third-order valence-electron chi connectivity index (χ3n) is 3.52. The molecule has 18 heavy (non-hydrogen) atoms. The van der Waals surface area contributed by atoms with Crippen LogP contribution >= 0.6 is 11.3 Å². The van der Waals surface area contributed by atoms with Crippen molar-refractivity contribution in [1.82, 2.24) is 5.32 Å². The number of amides is 1. The Balaban J connectivity index is 2.03. The molecule has 0 unspecified atom stereocenters. The van der Waals surface area contributed by atoms with Crippen LogP contribution in [-0.2, 0) is 0 Å². The SMILES string of the molecule is CCC1(NC(=O)c2csc(C#CCO)c2)CCC1. The summed E-state index contributed by atoms with van der Waals surface area (Å²) in [5, 5.41) is 13.6. The van der Waals surface area contributed by atoms with Crippen molar-refractivity contribution in [2.45, 2.75) is 38.1 Å². The first-order valence-corrected chi connectivity index (χ1v) is 7.08. The van der Waals surface area contributed by atoms with Crippen LogP contribution in [-0.4, -0.2) is 23.2 Å². The molecule has 2 rings (SSSR count). The molecule has 1 aromatic rings. The number of aliphatic hydroxyl groups is 1. The lowest BCUT2D eigenvalue weighted by molar-refractivity contribution is 0.0821. The van der Waals surface area contributed by atoms with Gasteiger partial charge in [0, 0.05) is 10.9 Å². The highest BCUT2D eigenvalue weighted by atomic mass is 32.1. The van der Waals surface area contributed by atoms with Gasteiger partial charge < -0.3 is 10.4 Å². The summed E-state index contributed by atoms with van der Waals surface area (Å²) in [4.78, 5) is 12.9. The van der Waals surface area contributed by atoms with Crippen molar-refractivity contribution in [2.75, 3.05) is 6.61 Å². The van der Waals surface area contributed by atoms with Crippen LogP contribution in [0.1, 0.15) is 47.8 Å². The van der Waals surface area contributed by atoms with Crippen molar-refractivity contribution in [3.8, 4) is 11.8 Å². The minimum atomic E-state index is -0.154. The second-order valence-electron chi connectivity index (χ2n) is 4.60. The quantitative estimate of drug-likeness (QED) is 0.821. The van der Waals surface area contributed by atoms with Crippen LogP contribution in [0.5, 0.6) is 0 Å². The second-order valence-corrected chi connectivity index (χ2v) is 5.51. The van der Waals surface area contributed by atoms with Gasteiger partial charge in [-0.25, -0.2) is 0 Å². The zero-order chi connectivity index (χ0) is 13.0. The summed E-state index contributed by atoms with van der Waals surface area (Å²) in [5.41, 5.74) is 0.692. The molecule has 4 heteroatoms. The molecule has 0 radical (unpaired) electrons. The highest BCUT2D eigenvalue weighted by Gasteiger charge is 2.36. The number of thiophene rings is 1. The Morgan fingerprint density at radius 2 is 2.39 bits per heavy atom. The fourth-order valence-electron chi connectivity index (χ4n) is 2.13. The van der Waals surface area contributed by atoms with Crippen molar-refractivity contribution in [2.24, 2.45) is 0 Å². The Kier molecular flexibility index (Phi) is 4.05. The molecule has 3 nitrogen and oxygen atoms in total. The fraction of sp³-hybridized carbons (Fsp3) is 0.500. The van der Waals surface area contributed by atoms with E-state index in [1.807, 2.05) is 5.38 Å². The van der Waals surface area contributed by atoms with Gasteiger partial charge in [0.2, 0.25) is 0 Å². The average molecular weight is 263 g/mol. The van der Waals surface area contributed by atoms with Crippen LogP contribution in [0.2, 0.25) is 0 Å². The molecule has 96 valence electrons. The molecular weight excluding hydrogens is 246 g/mol. The maximum atomic E-state index is 12.1. The van der Waals surface area contributed by atoms with E-state index in [0.29, 0.717) is 5.56 Å². The summed E-state index contributed by atoms with van der Waals surface area (Å²) in [6.45, 7) is 1.96. The van der Waals surface area contributed by atoms with Gasteiger partial charge in [-0.15, -0.1) is 11.3 Å². The Bertz CT molecular complexity index is 486. The molecule has 1 aromatic heterocycles. The van der Waals surface area contributed by atoms with Gasteiger partial charge in [0.25, 0.3) is 5.91 Å². The van der Waals surface area contributed by atoms with E-state index in [0.717, 1.165) is 24.1 Å². The number of aliphatic hydroxyl groups excluding tert-OH is 1. The minimum Gasteiger partial charge on any atom is -0.384 e. The molecular formula is C14H17NO2S. The Morgan fingerprint density at radius 1 is 1.61 bits per heavy atom. The van der Waals surface area contributed by atoms with Crippen LogP contribution in [0.3, 0.4) is 0 Å². The number of nitrogens with one attached hydrogen (secondary N) is 1. The first-order valence-electron chi connectivity index (χ1n) is 6.20. The predicted molar refractivity (Wildman–Crippen MR) is 72.6 cm³/mol. The molecule has 0 bridgehead atoms. The molecule has 1 fully saturated rings. The first-order chi connectivity index (χ1) is 8.69. The zero-order valence-corrected chi connectivity index (χ0v) is 11.3. The molecule has 1 heterocycles. The zero-order valence-electron chi connectivity index (χ0n) is 10.5. The highest BCUT2D eigenvalue weighted by Crippen LogP contribution is 2.34. The third kappa shape index (κ3) is 2.74. The molecule has 2 N–H and O–H groups in total. The predicted octanol–water partition coefficient (Wildman–Crippen LogP) is 2.15. The number of carbonyl (C=O) groups is 1. The van der Waals surface area contributed by atoms with E-state index in [-0.39, 0.29) is 18.1 Å². The van der Waals surface area contributed by atoms with E-state index in [4.69, 9.17) is 5.11 Å². The normalized spacial score (nSPS) is 16.3. The lowest BCUT2D eigenvalue weighted by Crippen LogP contribution is -2.52. The van der Waals surface area contributed by atoms with E-state index in [2.05, 4.69) is 24.1 Å². The van der Waals surface area contributed by atoms with E-state index in [1.54, 1.807) is 6.07 Å². The van der Waals surface area contributed by atoms with Crippen LogP contribution in [0.25, 0.3) is 0 Å². The number of carbonyl (C=O) groups excluding carboxylic acids is 1. The van der Waals surface area contributed by atoms with Gasteiger partial charge in [0.05, 0.1) is 10.4 Å². The van der Waals surface area contributed by atoms with Gasteiger partial charge in [-0.05, 0) is 31.7 Å². The minimum absolute atomic E-state index is 0.00940. The van der Waals surface area contributed by atoms with Crippen LogP contribution in [0, 0.1) is 11.8 Å². The molecule has 1 aliphatic rings. The van der Waals surface area contributed by atoms with Crippen molar-refractivity contribution in [3.05, 3.63) is 21.9 Å². The second kappa shape index (κ2) is 5.55. The maximum Gasteiger partial charge on any atom is 0.252 e. The number of hydrogen-bond acceptors (Lipinski definition) is 3. The largest absolute Gasteiger partial charge is 0.384 e. The van der Waals surface area contributed by atoms with E-state index < -0.39 is 0 Å². The van der Waals surface area contributed by atoms with Gasteiger partial charge in [-0.2, -0.15) is 0 Å². The van der Waals surface area contributed by atoms with Crippen molar-refractivity contribution >= 4 is 17.2 Å². The summed E-state index contributed by atoms with van der Waals surface area (Å²) in [6.07, 6.45) is 4.35. The molecule has 0 spiro atoms. The Hall–Kier alpha value is -1.31. The van der Waals surface area contributed by atoms with Gasteiger partial charge in [-0.3, -0.25) is 4.79 Å². The van der Waals surface area contributed by atoms with Crippen molar-refractivity contribution in [3.63, 3.8) is 0 Å². The molecule has 0 atom stereocenters. The molecule has 1 amide bonds. The smallest absolute Gasteiger partial charge is 0.252 e. The van der Waals surface area contributed by atoms with Crippen molar-refractivity contribution < 1.29 is 9.90 Å². The lowest BCUT2D eigenvalue weighted by atomic mass is 9.75. The highest BCUT2D eigenvalue weighted by molar-refractivity contribution is 7.10. The summed E-state index contributed by atoms with van der Waals surface area (Å²) in [7, 11) is 0. The lowest BCUT2D eigenvalue weighted by Gasteiger charge is -2.41. The van der Waals surface area contributed by atoms with Crippen LogP contribution in [0.15, 0.2) is 11.4 Å². The van der Waals surface area contributed by atoms with Gasteiger partial charge in [0.15, 0.2) is 0 Å². The van der Waals surface area contributed by atoms with Crippen LogP contribution in [0.4, 0.5) is 0 Å². The Labute approximate surface area is 111 Å². The van der Waals surface area contributed by atoms with Gasteiger partial charge in [-0.1, -0.05) is 18.8 Å². The molecule has 0 aromatic carbocycles. The number of hydrogen-bond donors (Lipinski definition) is 2. The maximum absolute atomic E-state index is 12.1. The van der Waals surface area contributed by atoms with E-state index >= 15 is 0 Å². The molecule has 0 saturated heterocycles. The monoisotopic (exact) mass is 263 g/mol. The molecule has 1 aliphatic carbocycles. The summed E-state index contributed by atoms with van der Waals surface area (Å²) >= 11 is 1.43. The molecule has 1 saturated carbocycles. The summed E-state index contributed by atoms with van der Waals surface area (Å²) < 4.78 is 0. The van der Waals surface area contributed by atoms with Crippen LogP contribution < -0.4 is 5.32 Å². The first kappa shape index (κ1) is 13.1. The van der Waals surface area contributed by atoms with Gasteiger partial charge >= 0.3 is 0 Å². The van der Waals surface area contributed by atoms with E-state index in [1.165, 1.54) is 17.8 Å². The average Bonchev–Trinajstić information content (AvgIpc) is 2.80. The number of rotatable bonds is 3. The fourth-order valence-corrected chi connectivity index (χ4v) is 2.89. The topological polar surface area (TPSA) is 49.3 Å². The summed E-state index contributed by atoms with van der Waals surface area (Å²) in [5.74, 6) is 5.39. The van der Waals surface area contributed by atoms with Gasteiger partial charge in [0.1, 0.15) is 6.61 Å². The van der Waals surface area contributed by atoms with Crippen molar-refractivity contribution in [1.29, 1.82) is 0 Å². The Morgan fingerprint density at radius 3 is 2.94 bits per heavy atom. The standard InChI is InChI=1S/C14H17NO2S/c1-2-14(6-4-7-14)15-13(17)11-9-12(18-10-11)5-3-8-16/h9-10,16H,2,4,6-8H2,1H3,(H,15,17). The summed E-state index contributed by atoms with van der Waals surface area (Å²) in [6, 6.07) is 1.78. The third-order valence-corrected chi connectivity index (χ3v) is 4.36. The van der Waals surface area contributed by atoms with E-state index in [9.17, 15) is 4.79 Å². The molecule has 0 aliphatic heterocycles.